The molecule has 2 heterocycles. The van der Waals surface area contributed by atoms with Crippen molar-refractivity contribution in [2.24, 2.45) is 0 Å². The zero-order valence-corrected chi connectivity index (χ0v) is 12.3. The van der Waals surface area contributed by atoms with E-state index < -0.39 is 0 Å². The second-order valence-corrected chi connectivity index (χ2v) is 5.16. The van der Waals surface area contributed by atoms with E-state index in [-0.39, 0.29) is 5.91 Å². The number of anilines is 1. The van der Waals surface area contributed by atoms with E-state index in [9.17, 15) is 4.79 Å². The van der Waals surface area contributed by atoms with Gasteiger partial charge in [-0.25, -0.2) is 9.97 Å². The molecule has 1 saturated heterocycles. The van der Waals surface area contributed by atoms with Gasteiger partial charge in [-0.1, -0.05) is 13.3 Å². The maximum absolute atomic E-state index is 12.3. The normalized spacial score (nSPS) is 16.2. The molecule has 0 bridgehead atoms. The van der Waals surface area contributed by atoms with Crippen LogP contribution in [-0.2, 0) is 0 Å². The number of amides is 1. The van der Waals surface area contributed by atoms with Crippen LogP contribution in [0.5, 0.6) is 0 Å². The molecule has 0 atom stereocenters. The third-order valence-electron chi connectivity index (χ3n) is 3.50. The van der Waals surface area contributed by atoms with E-state index in [4.69, 9.17) is 0 Å². The lowest BCUT2D eigenvalue weighted by Crippen LogP contribution is -2.47. The van der Waals surface area contributed by atoms with E-state index in [0.717, 1.165) is 51.4 Å². The lowest BCUT2D eigenvalue weighted by atomic mass is 10.3. The minimum Gasteiger partial charge on any atom is -0.369 e. The fraction of sp³-hybridized carbons (Fsp3) is 0.643. The number of nitrogens with zero attached hydrogens (tertiary/aromatic N) is 4. The summed E-state index contributed by atoms with van der Waals surface area (Å²) in [4.78, 5) is 24.8. The van der Waals surface area contributed by atoms with Gasteiger partial charge in [-0.15, -0.1) is 0 Å². The van der Waals surface area contributed by atoms with Crippen molar-refractivity contribution < 1.29 is 4.79 Å². The number of piperazine rings is 1. The number of nitrogens with one attached hydrogen (secondary N) is 1. The molecule has 1 fully saturated rings. The number of unbranched alkanes of at least 4 members (excludes halogenated alkanes) is 1. The Morgan fingerprint density at radius 1 is 1.25 bits per heavy atom. The van der Waals surface area contributed by atoms with Crippen LogP contribution in [0.15, 0.2) is 12.4 Å². The lowest BCUT2D eigenvalue weighted by Gasteiger charge is -2.32. The van der Waals surface area contributed by atoms with Crippen LogP contribution in [0, 0.1) is 0 Å². The van der Waals surface area contributed by atoms with Crippen molar-refractivity contribution in [1.82, 2.24) is 19.8 Å². The highest BCUT2D eigenvalue weighted by Gasteiger charge is 2.21. The average molecular weight is 277 g/mol. The third-order valence-corrected chi connectivity index (χ3v) is 3.50. The number of aromatic nitrogens is 2. The molecular formula is C14H23N5O. The van der Waals surface area contributed by atoms with E-state index in [1.807, 2.05) is 4.90 Å². The van der Waals surface area contributed by atoms with Crippen molar-refractivity contribution in [3.63, 3.8) is 0 Å². The largest absolute Gasteiger partial charge is 0.369 e. The van der Waals surface area contributed by atoms with Gasteiger partial charge in [-0.2, -0.15) is 0 Å². The van der Waals surface area contributed by atoms with Gasteiger partial charge in [0.15, 0.2) is 0 Å². The minimum atomic E-state index is -0.0225. The van der Waals surface area contributed by atoms with Crippen molar-refractivity contribution in [2.75, 3.05) is 45.1 Å². The van der Waals surface area contributed by atoms with Gasteiger partial charge in [0.05, 0.1) is 12.4 Å². The van der Waals surface area contributed by atoms with Crippen LogP contribution < -0.4 is 5.32 Å². The molecule has 0 radical (unpaired) electrons. The molecular weight excluding hydrogens is 254 g/mol. The van der Waals surface area contributed by atoms with Crippen molar-refractivity contribution in [2.45, 2.75) is 19.8 Å². The summed E-state index contributed by atoms with van der Waals surface area (Å²) in [6, 6.07) is 0. The molecule has 1 amide bonds. The van der Waals surface area contributed by atoms with Crippen molar-refractivity contribution in [1.29, 1.82) is 0 Å². The molecule has 6 nitrogen and oxygen atoms in total. The van der Waals surface area contributed by atoms with Crippen LogP contribution in [0.1, 0.15) is 30.3 Å². The quantitative estimate of drug-likeness (QED) is 0.816. The van der Waals surface area contributed by atoms with Crippen LogP contribution in [0.2, 0.25) is 0 Å². The summed E-state index contributed by atoms with van der Waals surface area (Å²) in [5, 5.41) is 3.19. The van der Waals surface area contributed by atoms with Gasteiger partial charge in [0.1, 0.15) is 11.5 Å². The first-order valence-corrected chi connectivity index (χ1v) is 7.24. The van der Waals surface area contributed by atoms with Crippen LogP contribution in [-0.4, -0.2) is 65.4 Å². The molecule has 0 aromatic carbocycles. The van der Waals surface area contributed by atoms with Crippen LogP contribution in [0.4, 0.5) is 5.82 Å². The number of carbonyl (C=O) groups excluding carboxylic acids is 1. The van der Waals surface area contributed by atoms with Crippen LogP contribution >= 0.6 is 0 Å². The number of carbonyl (C=O) groups is 1. The molecule has 0 aliphatic carbocycles. The number of hydrogen-bond donors (Lipinski definition) is 1. The number of likely N-dealkylation sites (N-methyl/N-ethyl adjacent to an activating group) is 1. The maximum Gasteiger partial charge on any atom is 0.274 e. The molecule has 0 spiro atoms. The monoisotopic (exact) mass is 277 g/mol. The predicted octanol–water partition coefficient (Wildman–Crippen LogP) is 1.08. The SMILES string of the molecule is CCCCNc1cnc(C(=O)N2CCN(C)CC2)cn1. The summed E-state index contributed by atoms with van der Waals surface area (Å²) in [7, 11) is 2.07. The molecule has 0 unspecified atom stereocenters. The second kappa shape index (κ2) is 7.19. The maximum atomic E-state index is 12.3. The number of hydrogen-bond acceptors (Lipinski definition) is 5. The van der Waals surface area contributed by atoms with Crippen LogP contribution in [0.25, 0.3) is 0 Å². The van der Waals surface area contributed by atoms with Gasteiger partial charge in [0.2, 0.25) is 0 Å². The topological polar surface area (TPSA) is 61.4 Å². The fourth-order valence-electron chi connectivity index (χ4n) is 2.09. The van der Waals surface area contributed by atoms with Crippen molar-refractivity contribution >= 4 is 11.7 Å². The zero-order chi connectivity index (χ0) is 14.4. The van der Waals surface area contributed by atoms with Gasteiger partial charge in [-0.05, 0) is 13.5 Å². The molecule has 0 saturated carbocycles. The van der Waals surface area contributed by atoms with E-state index >= 15 is 0 Å². The summed E-state index contributed by atoms with van der Waals surface area (Å²) in [5.74, 6) is 0.707. The minimum absolute atomic E-state index is 0.0225. The Labute approximate surface area is 120 Å². The molecule has 2 rings (SSSR count). The van der Waals surface area contributed by atoms with Crippen molar-refractivity contribution in [3.8, 4) is 0 Å². The number of rotatable bonds is 5. The molecule has 1 aliphatic heterocycles. The van der Waals surface area contributed by atoms with Crippen molar-refractivity contribution in [3.05, 3.63) is 18.1 Å². The third kappa shape index (κ3) is 3.90. The highest BCUT2D eigenvalue weighted by Crippen LogP contribution is 2.07. The molecule has 1 aromatic heterocycles. The second-order valence-electron chi connectivity index (χ2n) is 5.16. The Kier molecular flexibility index (Phi) is 5.29. The van der Waals surface area contributed by atoms with E-state index in [1.54, 1.807) is 12.4 Å². The highest BCUT2D eigenvalue weighted by atomic mass is 16.2. The molecule has 110 valence electrons. The van der Waals surface area contributed by atoms with E-state index in [1.165, 1.54) is 0 Å². The van der Waals surface area contributed by atoms with E-state index in [0.29, 0.717) is 5.69 Å². The van der Waals surface area contributed by atoms with Gasteiger partial charge in [-0.3, -0.25) is 4.79 Å². The Bertz CT molecular complexity index is 426. The molecule has 1 aromatic rings. The Morgan fingerprint density at radius 2 is 2.00 bits per heavy atom. The summed E-state index contributed by atoms with van der Waals surface area (Å²) < 4.78 is 0. The fourth-order valence-corrected chi connectivity index (χ4v) is 2.09. The summed E-state index contributed by atoms with van der Waals surface area (Å²) in [6.45, 7) is 6.37. The first-order valence-electron chi connectivity index (χ1n) is 7.24. The van der Waals surface area contributed by atoms with Gasteiger partial charge in [0, 0.05) is 32.7 Å². The average Bonchev–Trinajstić information content (AvgIpc) is 2.48. The Balaban J connectivity index is 1.90. The zero-order valence-electron chi connectivity index (χ0n) is 12.3. The molecule has 6 heteroatoms. The summed E-state index contributed by atoms with van der Waals surface area (Å²) in [6.07, 6.45) is 5.44. The molecule has 1 N–H and O–H groups in total. The predicted molar refractivity (Wildman–Crippen MR) is 78.8 cm³/mol. The molecule has 20 heavy (non-hydrogen) atoms. The first kappa shape index (κ1) is 14.7. The summed E-state index contributed by atoms with van der Waals surface area (Å²) in [5.41, 5.74) is 0.426. The summed E-state index contributed by atoms with van der Waals surface area (Å²) >= 11 is 0. The van der Waals surface area contributed by atoms with Gasteiger partial charge >= 0.3 is 0 Å². The standard InChI is InChI=1S/C14H23N5O/c1-3-4-5-15-13-11-16-12(10-17-13)14(20)19-8-6-18(2)7-9-19/h10-11H,3-9H2,1-2H3,(H,15,17). The van der Waals surface area contributed by atoms with Gasteiger partial charge < -0.3 is 15.1 Å². The smallest absolute Gasteiger partial charge is 0.274 e. The van der Waals surface area contributed by atoms with Crippen LogP contribution in [0.3, 0.4) is 0 Å². The van der Waals surface area contributed by atoms with E-state index in [2.05, 4.69) is 34.2 Å². The Morgan fingerprint density at radius 3 is 2.60 bits per heavy atom. The highest BCUT2D eigenvalue weighted by molar-refractivity contribution is 5.92. The first-order chi connectivity index (χ1) is 9.70. The van der Waals surface area contributed by atoms with Gasteiger partial charge in [0.25, 0.3) is 5.91 Å². The Hall–Kier alpha value is -1.69. The lowest BCUT2D eigenvalue weighted by molar-refractivity contribution is 0.0658. The molecule has 1 aliphatic rings.